The van der Waals surface area contributed by atoms with E-state index in [1.54, 1.807) is 0 Å². The highest BCUT2D eigenvalue weighted by Crippen LogP contribution is 1.43. The molecule has 0 rings (SSSR count). The third-order valence-electron chi connectivity index (χ3n) is 0.401. The summed E-state index contributed by atoms with van der Waals surface area (Å²) in [6, 6.07) is 0. The smallest absolute Gasteiger partial charge is 0.116 e. The molecule has 0 unspecified atom stereocenters. The molecule has 0 spiro atoms. The van der Waals surface area contributed by atoms with Gasteiger partial charge >= 0.3 is 0 Å². The second-order valence-electron chi connectivity index (χ2n) is 1.92. The van der Waals surface area contributed by atoms with E-state index in [0.717, 1.165) is 0 Å². The summed E-state index contributed by atoms with van der Waals surface area (Å²) in [5.74, 6) is 3.11. The van der Waals surface area contributed by atoms with Gasteiger partial charge in [-0.05, 0) is 32.0 Å². The van der Waals surface area contributed by atoms with Crippen LogP contribution >= 0.6 is 0 Å². The molecule has 69 heavy (non-hydrogen) atoms. The van der Waals surface area contributed by atoms with E-state index in [-0.39, 0.29) is 0 Å². The van der Waals surface area contributed by atoms with Crippen LogP contribution in [0.3, 0.4) is 0 Å². The van der Waals surface area contributed by atoms with Crippen LogP contribution in [0, 0.1) is 5.41 Å². The first-order valence-corrected chi connectivity index (χ1v) is 15.3. The Morgan fingerprint density at radius 2 is 0.290 bits per heavy atom. The fourth-order valence-corrected chi connectivity index (χ4v) is 0.107. The first kappa shape index (κ1) is 223. The van der Waals surface area contributed by atoms with Crippen LogP contribution in [0.2, 0.25) is 0 Å². The van der Waals surface area contributed by atoms with Gasteiger partial charge in [0.1, 0.15) is 53.5 Å². The molecule has 0 aliphatic carbocycles. The first-order valence-electron chi connectivity index (χ1n) is 15.3. The predicted octanol–water partition coefficient (Wildman–Crippen LogP) is 16.6. The summed E-state index contributed by atoms with van der Waals surface area (Å²) in [5, 5.41) is 6.27. The highest BCUT2D eigenvalue weighted by molar-refractivity contribution is 5.45. The van der Waals surface area contributed by atoms with Crippen molar-refractivity contribution in [2.45, 2.75) is 0 Å². The Hall–Kier alpha value is -10.6. The van der Waals surface area contributed by atoms with E-state index >= 15 is 0 Å². The molecule has 0 aromatic carbocycles. The number of nitrogens with one attached hydrogen (secondary N) is 1. The molecule has 392 valence electrons. The van der Waals surface area contributed by atoms with E-state index in [2.05, 4.69) is 328 Å². The Kier molecular flexibility index (Phi) is 3510000. The van der Waals surface area contributed by atoms with E-state index in [1.807, 2.05) is 53.4 Å². The summed E-state index contributed by atoms with van der Waals surface area (Å²) in [7, 11) is 0. The minimum atomic E-state index is 1.25. The van der Waals surface area contributed by atoms with Crippen molar-refractivity contribution in [1.82, 2.24) is 0 Å². The van der Waals surface area contributed by atoms with Gasteiger partial charge in [0, 0.05) is 17.3 Å². The van der Waals surface area contributed by atoms with Crippen molar-refractivity contribution in [3.63, 3.8) is 0 Å². The van der Waals surface area contributed by atoms with Gasteiger partial charge in [-0.2, -0.15) is 0 Å². The fourth-order valence-electron chi connectivity index (χ4n) is 0.107. The summed E-state index contributed by atoms with van der Waals surface area (Å²) in [5.41, 5.74) is 20.6. The second kappa shape index (κ2) is 1090000. The van der Waals surface area contributed by atoms with Crippen LogP contribution in [-0.4, -0.2) is 59.3 Å². The lowest BCUT2D eigenvalue weighted by Crippen LogP contribution is -1.25. The van der Waals surface area contributed by atoms with Crippen molar-refractivity contribution in [2.75, 3.05) is 0 Å². The highest BCUT2D eigenvalue weighted by Gasteiger charge is 1.30. The number of carbonyl (C=O) groups is 7. The van der Waals surface area contributed by atoms with Crippen molar-refractivity contribution in [3.05, 3.63) is 328 Å². The van der Waals surface area contributed by atoms with Gasteiger partial charge in [0.15, 0.2) is 0 Å². The predicted molar refractivity (Wildman–Crippen MR) is 331 cm³/mol. The van der Waals surface area contributed by atoms with E-state index < -0.39 is 0 Å². The maximum Gasteiger partial charge on any atom is 0.116 e. The van der Waals surface area contributed by atoms with Gasteiger partial charge < -0.3 is 33.6 Å². The molecule has 0 aromatic heterocycles. The van der Waals surface area contributed by atoms with Crippen LogP contribution in [0.1, 0.15) is 0 Å². The minimum absolute atomic E-state index is 1.25. The van der Waals surface area contributed by atoms with Crippen molar-refractivity contribution in [1.29, 1.82) is 5.41 Å². The number of hydrogen-bond acceptors (Lipinski definition) is 9. The molecule has 0 heterocycles. The number of hydrogen-bond donors (Lipinski definition) is 1. The highest BCUT2D eigenvalue weighted by atomic mass is 16.1. The summed E-state index contributed by atoms with van der Waals surface area (Å²) in [4.78, 5) is 64.6. The van der Waals surface area contributed by atoms with Crippen molar-refractivity contribution >= 4 is 59.3 Å². The second-order valence-corrected chi connectivity index (χ2v) is 1.92. The molecule has 0 fully saturated rings. The Morgan fingerprint density at radius 1 is 0.203 bits per heavy atom. The summed E-state index contributed by atoms with van der Waals surface area (Å²) in [6.07, 6.45) is 0. The Bertz CT molecular complexity index is 837. The van der Waals surface area contributed by atoms with Gasteiger partial charge in [0.2, 0.25) is 0 Å². The van der Waals surface area contributed by atoms with Gasteiger partial charge in [-0.3, -0.25) is 5.41 Å². The third-order valence-corrected chi connectivity index (χ3v) is 0.401. The third kappa shape index (κ3) is 5640. The molecule has 0 aliphatic heterocycles. The number of carbonyl (C=O) groups excluding carboxylic acids is 8. The van der Waals surface area contributed by atoms with Crippen LogP contribution in [0.25, 0.3) is 0 Å². The lowest BCUT2D eigenvalue weighted by atomic mass is 10.7. The fraction of sp³-hybridized carbons (Fsp3) is 0. The van der Waals surface area contributed by atoms with Gasteiger partial charge in [0.05, 0.1) is 0 Å². The number of rotatable bonds is 0. The standard InChI is InChI=1S/C6H3N.C4H4.3C3H4.C2H2O.16C2H4.7CH2O/c1-2-3-4-5-6-7;1-3-4-2;3*1-3-2;1-2-3;23*1-2/h7H,1H2;1-2H2;3*1-2H2;1H2;16*1-2H2;7*1H2. The van der Waals surface area contributed by atoms with Crippen molar-refractivity contribution < 1.29 is 38.4 Å². The molecule has 0 atom stereocenters. The average molecular weight is 962 g/mol. The normalized spacial score (nSPS) is 2.32. The summed E-state index contributed by atoms with van der Waals surface area (Å²) >= 11 is 0. The van der Waals surface area contributed by atoms with Crippen LogP contribution in [0.15, 0.2) is 328 Å². The topological polar surface area (TPSA) is 160 Å². The van der Waals surface area contributed by atoms with Gasteiger partial charge in [-0.15, -0.1) is 228 Å². The molecule has 0 bridgehead atoms. The van der Waals surface area contributed by atoms with Crippen LogP contribution in [-0.2, 0) is 38.4 Å². The van der Waals surface area contributed by atoms with Gasteiger partial charge in [-0.25, -0.2) is 4.79 Å². The van der Waals surface area contributed by atoms with E-state index in [4.69, 9.17) is 43.8 Å². The van der Waals surface area contributed by atoms with Gasteiger partial charge in [-0.1, -0.05) is 56.7 Å². The molecule has 0 amide bonds. The Balaban J connectivity index is -0.00000000900. The van der Waals surface area contributed by atoms with E-state index in [0.29, 0.717) is 0 Å². The van der Waals surface area contributed by atoms with Crippen molar-refractivity contribution in [3.8, 4) is 0 Å². The molecule has 9 nitrogen and oxygen atoms in total. The van der Waals surface area contributed by atoms with Crippen LogP contribution in [0.4, 0.5) is 0 Å². The van der Waals surface area contributed by atoms with Crippen LogP contribution in [0.5, 0.6) is 0 Å². The lowest BCUT2D eigenvalue weighted by molar-refractivity contribution is -0.0987. The molecule has 0 aromatic rings. The molecule has 9 heteroatoms. The van der Waals surface area contributed by atoms with E-state index in [9.17, 15) is 0 Å². The molecule has 1 N–H and O–H groups in total. The monoisotopic (exact) mass is 962 g/mol. The summed E-state index contributed by atoms with van der Waals surface area (Å²) < 4.78 is 0. The minimum Gasteiger partial charge on any atom is -0.307 e. The largest absolute Gasteiger partial charge is 0.307 e. The quantitative estimate of drug-likeness (QED) is 0.109. The first-order chi connectivity index (χ1) is 34.0. The lowest BCUT2D eigenvalue weighted by Gasteiger charge is -1.32. The zero-order valence-corrected chi connectivity index (χ0v) is 43.9. The average Bonchev–Trinajstić information content (AvgIpc) is 3.52. The molecular formula is C60H99NO8. The maximum absolute atomic E-state index is 8.57. The van der Waals surface area contributed by atoms with Crippen LogP contribution < -0.4 is 0 Å². The molecule has 0 saturated heterocycles. The SMILES string of the molecule is C=C.C=C.C=C.C=C.C=C.C=C.C=C.C=C.C=C.C=C.C=C.C=C.C=C.C=C.C=C.C=C.C=C=C.C=C=C.C=C=C.C=C=C=C.C=C=C=C=C=C=N.C=C=O.C=O.C=O.C=O.C=O.C=O.C=O.C=O. The Morgan fingerprint density at radius 3 is 0.333 bits per heavy atom. The van der Waals surface area contributed by atoms with E-state index in [1.165, 1.54) is 5.94 Å². The molecule has 0 radical (unpaired) electrons. The zero-order valence-electron chi connectivity index (χ0n) is 43.9. The molecular weight excluding hydrogens is 863 g/mol. The zero-order chi connectivity index (χ0) is 65.8. The molecule has 0 saturated carbocycles. The molecule has 0 aliphatic rings. The Labute approximate surface area is 429 Å². The van der Waals surface area contributed by atoms with Gasteiger partial charge in [0.25, 0.3) is 0 Å². The maximum atomic E-state index is 8.57. The summed E-state index contributed by atoms with van der Waals surface area (Å²) in [6.45, 7) is 141. The van der Waals surface area contributed by atoms with Crippen molar-refractivity contribution in [2.24, 2.45) is 0 Å².